The highest BCUT2D eigenvalue weighted by Gasteiger charge is 2.34. The number of nitrogens with one attached hydrogen (secondary N) is 1. The Labute approximate surface area is 104 Å². The van der Waals surface area contributed by atoms with Gasteiger partial charge in [0.2, 0.25) is 0 Å². The number of carbonyl (C=O) groups excluding carboxylic acids is 1. The maximum atomic E-state index is 12.9. The molecule has 18 heavy (non-hydrogen) atoms. The van der Waals surface area contributed by atoms with Gasteiger partial charge in [-0.25, -0.2) is 9.18 Å². The van der Waals surface area contributed by atoms with Crippen molar-refractivity contribution < 1.29 is 19.1 Å². The van der Waals surface area contributed by atoms with Crippen molar-refractivity contribution in [3.63, 3.8) is 0 Å². The van der Waals surface area contributed by atoms with E-state index in [9.17, 15) is 14.0 Å². The molecular weight excluding hydrogens is 239 g/mol. The zero-order valence-electron chi connectivity index (χ0n) is 10.2. The summed E-state index contributed by atoms with van der Waals surface area (Å²) in [5.41, 5.74) is -1.36. The van der Waals surface area contributed by atoms with Crippen molar-refractivity contribution in [2.75, 3.05) is 0 Å². The molecule has 98 valence electrons. The third-order valence-electron chi connectivity index (χ3n) is 2.58. The molecule has 0 saturated carbocycles. The Morgan fingerprint density at radius 2 is 2.17 bits per heavy atom. The van der Waals surface area contributed by atoms with Crippen molar-refractivity contribution in [2.45, 2.75) is 32.2 Å². The summed E-state index contributed by atoms with van der Waals surface area (Å²) in [4.78, 5) is 26.5. The topological polar surface area (TPSA) is 79.3 Å². The number of hydrogen-bond donors (Lipinski definition) is 2. The van der Waals surface area contributed by atoms with E-state index in [1.807, 2.05) is 6.92 Å². The quantitative estimate of drug-likeness (QED) is 0.836. The molecule has 0 aliphatic rings. The van der Waals surface area contributed by atoms with Gasteiger partial charge in [0.25, 0.3) is 5.91 Å². The molecule has 1 aromatic heterocycles. The Morgan fingerprint density at radius 3 is 2.67 bits per heavy atom. The molecule has 1 rings (SSSR count). The molecule has 0 radical (unpaired) electrons. The van der Waals surface area contributed by atoms with E-state index in [1.54, 1.807) is 0 Å². The van der Waals surface area contributed by atoms with Gasteiger partial charge < -0.3 is 10.4 Å². The van der Waals surface area contributed by atoms with Gasteiger partial charge in [0.15, 0.2) is 0 Å². The number of nitrogens with zero attached hydrogens (tertiary/aromatic N) is 1. The summed E-state index contributed by atoms with van der Waals surface area (Å²) in [6.07, 6.45) is 3.05. The number of carboxylic acid groups (broad SMARTS) is 1. The first kappa shape index (κ1) is 14.1. The molecule has 1 atom stereocenters. The van der Waals surface area contributed by atoms with Crippen LogP contribution in [0.5, 0.6) is 0 Å². The zero-order chi connectivity index (χ0) is 13.8. The second-order valence-corrected chi connectivity index (χ2v) is 4.23. The summed E-state index contributed by atoms with van der Waals surface area (Å²) in [5, 5.41) is 11.5. The largest absolute Gasteiger partial charge is 0.480 e. The van der Waals surface area contributed by atoms with Crippen LogP contribution in [-0.4, -0.2) is 27.5 Å². The summed E-state index contributed by atoms with van der Waals surface area (Å²) in [7, 11) is 0. The molecule has 0 aliphatic carbocycles. The van der Waals surface area contributed by atoms with Crippen LogP contribution >= 0.6 is 0 Å². The van der Waals surface area contributed by atoms with Crippen LogP contribution < -0.4 is 5.32 Å². The Morgan fingerprint density at radius 1 is 1.50 bits per heavy atom. The number of hydrogen-bond acceptors (Lipinski definition) is 3. The van der Waals surface area contributed by atoms with Crippen LogP contribution in [0.25, 0.3) is 0 Å². The number of halogens is 1. The third-order valence-corrected chi connectivity index (χ3v) is 2.58. The highest BCUT2D eigenvalue weighted by atomic mass is 19.1. The number of aromatic nitrogens is 1. The van der Waals surface area contributed by atoms with E-state index in [0.29, 0.717) is 6.42 Å². The number of pyridine rings is 1. The molecule has 2 N–H and O–H groups in total. The van der Waals surface area contributed by atoms with E-state index in [2.05, 4.69) is 10.3 Å². The molecular formula is C12H15FN2O3. The van der Waals surface area contributed by atoms with Crippen molar-refractivity contribution in [1.82, 2.24) is 10.3 Å². The van der Waals surface area contributed by atoms with Gasteiger partial charge in [0.1, 0.15) is 11.4 Å². The molecule has 5 nitrogen and oxygen atoms in total. The number of amides is 1. The molecule has 1 unspecified atom stereocenters. The molecule has 0 aromatic carbocycles. The third kappa shape index (κ3) is 3.26. The monoisotopic (exact) mass is 254 g/mol. The van der Waals surface area contributed by atoms with Gasteiger partial charge in [-0.15, -0.1) is 0 Å². The lowest BCUT2D eigenvalue weighted by Gasteiger charge is -2.25. The first-order chi connectivity index (χ1) is 8.39. The van der Waals surface area contributed by atoms with Gasteiger partial charge in [-0.1, -0.05) is 13.3 Å². The van der Waals surface area contributed by atoms with Crippen LogP contribution in [0.4, 0.5) is 4.39 Å². The van der Waals surface area contributed by atoms with Crippen LogP contribution in [0, 0.1) is 5.82 Å². The van der Waals surface area contributed by atoms with Crippen LogP contribution in [-0.2, 0) is 4.79 Å². The SMILES string of the molecule is CCCC(C)(NC(=O)c1cncc(F)c1)C(=O)O. The summed E-state index contributed by atoms with van der Waals surface area (Å²) >= 11 is 0. The van der Waals surface area contributed by atoms with E-state index < -0.39 is 23.2 Å². The lowest BCUT2D eigenvalue weighted by molar-refractivity contribution is -0.144. The predicted octanol–water partition coefficient (Wildman–Crippen LogP) is 1.59. The fourth-order valence-electron chi connectivity index (χ4n) is 1.58. The zero-order valence-corrected chi connectivity index (χ0v) is 10.2. The average Bonchev–Trinajstić information content (AvgIpc) is 2.29. The van der Waals surface area contributed by atoms with E-state index in [4.69, 9.17) is 5.11 Å². The Balaban J connectivity index is 2.88. The maximum absolute atomic E-state index is 12.9. The maximum Gasteiger partial charge on any atom is 0.329 e. The first-order valence-corrected chi connectivity index (χ1v) is 5.55. The van der Waals surface area contributed by atoms with Crippen LogP contribution in [0.3, 0.4) is 0 Å². The Hall–Kier alpha value is -1.98. The van der Waals surface area contributed by atoms with Crippen LogP contribution in [0.1, 0.15) is 37.0 Å². The van der Waals surface area contributed by atoms with E-state index >= 15 is 0 Å². The van der Waals surface area contributed by atoms with Crippen molar-refractivity contribution >= 4 is 11.9 Å². The highest BCUT2D eigenvalue weighted by Crippen LogP contribution is 2.14. The van der Waals surface area contributed by atoms with Crippen molar-refractivity contribution in [3.05, 3.63) is 29.8 Å². The van der Waals surface area contributed by atoms with Gasteiger partial charge in [0, 0.05) is 6.20 Å². The molecule has 1 aromatic rings. The van der Waals surface area contributed by atoms with E-state index in [1.165, 1.54) is 13.1 Å². The second-order valence-electron chi connectivity index (χ2n) is 4.23. The van der Waals surface area contributed by atoms with Crippen LogP contribution in [0.15, 0.2) is 18.5 Å². The molecule has 0 spiro atoms. The van der Waals surface area contributed by atoms with Gasteiger partial charge in [-0.3, -0.25) is 9.78 Å². The Bertz CT molecular complexity index is 464. The fraction of sp³-hybridized carbons (Fsp3) is 0.417. The average molecular weight is 254 g/mol. The molecule has 1 amide bonds. The first-order valence-electron chi connectivity index (χ1n) is 5.55. The van der Waals surface area contributed by atoms with Gasteiger partial charge >= 0.3 is 5.97 Å². The molecule has 0 aliphatic heterocycles. The van der Waals surface area contributed by atoms with Gasteiger partial charge in [-0.05, 0) is 19.4 Å². The molecule has 0 fully saturated rings. The minimum Gasteiger partial charge on any atom is -0.480 e. The summed E-state index contributed by atoms with van der Waals surface area (Å²) < 4.78 is 12.9. The summed E-state index contributed by atoms with van der Waals surface area (Å²) in [5.74, 6) is -2.42. The van der Waals surface area contributed by atoms with Crippen molar-refractivity contribution in [1.29, 1.82) is 0 Å². The van der Waals surface area contributed by atoms with Crippen molar-refractivity contribution in [2.24, 2.45) is 0 Å². The second kappa shape index (κ2) is 5.57. The standard InChI is InChI=1S/C12H15FN2O3/c1-3-4-12(2,11(17)18)15-10(16)8-5-9(13)7-14-6-8/h5-7H,3-4H2,1-2H3,(H,15,16)(H,17,18). The van der Waals surface area contributed by atoms with Gasteiger partial charge in [0.05, 0.1) is 11.8 Å². The molecule has 6 heteroatoms. The minimum atomic E-state index is -1.36. The highest BCUT2D eigenvalue weighted by molar-refractivity contribution is 5.97. The van der Waals surface area contributed by atoms with E-state index in [-0.39, 0.29) is 12.0 Å². The molecule has 0 bridgehead atoms. The normalized spacial score (nSPS) is 13.7. The number of rotatable bonds is 5. The van der Waals surface area contributed by atoms with Gasteiger partial charge in [-0.2, -0.15) is 0 Å². The predicted molar refractivity (Wildman–Crippen MR) is 62.6 cm³/mol. The molecule has 1 heterocycles. The number of aliphatic carboxylic acids is 1. The summed E-state index contributed by atoms with van der Waals surface area (Å²) in [6.45, 7) is 3.24. The van der Waals surface area contributed by atoms with E-state index in [0.717, 1.165) is 12.3 Å². The van der Waals surface area contributed by atoms with Crippen molar-refractivity contribution in [3.8, 4) is 0 Å². The Kier molecular flexibility index (Phi) is 4.36. The lowest BCUT2D eigenvalue weighted by atomic mass is 9.96. The molecule has 0 saturated heterocycles. The fourth-order valence-corrected chi connectivity index (χ4v) is 1.58. The smallest absolute Gasteiger partial charge is 0.329 e. The minimum absolute atomic E-state index is 0.00132. The van der Waals surface area contributed by atoms with Crippen LogP contribution in [0.2, 0.25) is 0 Å². The summed E-state index contributed by atoms with van der Waals surface area (Å²) in [6, 6.07) is 1.01. The number of carboxylic acids is 1. The number of carbonyl (C=O) groups is 2. The lowest BCUT2D eigenvalue weighted by Crippen LogP contribution is -2.52.